The van der Waals surface area contributed by atoms with Crippen molar-refractivity contribution in [2.45, 2.75) is 55.1 Å². The molecule has 44 heavy (non-hydrogen) atoms. The topological polar surface area (TPSA) is 122 Å². The van der Waals surface area contributed by atoms with Gasteiger partial charge in [0.2, 0.25) is 11.4 Å². The second-order valence-corrected chi connectivity index (χ2v) is 11.3. The van der Waals surface area contributed by atoms with Gasteiger partial charge in [-0.2, -0.15) is 0 Å². The van der Waals surface area contributed by atoms with Crippen LogP contribution in [0.1, 0.15) is 59.8 Å². The monoisotopic (exact) mass is 602 g/mol. The van der Waals surface area contributed by atoms with Gasteiger partial charge in [-0.1, -0.05) is 60.7 Å². The highest BCUT2D eigenvalue weighted by molar-refractivity contribution is 6.00. The molecule has 6 atom stereocenters. The number of Topliss-reactive ketones (excluding diaryl/α,β-unsaturated/α-hetero) is 1. The van der Waals surface area contributed by atoms with Gasteiger partial charge in [0, 0.05) is 27.1 Å². The molecule has 0 fully saturated rings. The Morgan fingerprint density at radius 2 is 1.34 bits per heavy atom. The quantitative estimate of drug-likeness (QED) is 0.414. The third-order valence-electron chi connectivity index (χ3n) is 9.22. The van der Waals surface area contributed by atoms with E-state index in [0.717, 1.165) is 11.1 Å². The van der Waals surface area contributed by atoms with Crippen LogP contribution in [0.3, 0.4) is 0 Å². The summed E-state index contributed by atoms with van der Waals surface area (Å²) in [4.78, 5) is 13.8. The van der Waals surface area contributed by atoms with Crippen molar-refractivity contribution >= 4 is 5.78 Å². The van der Waals surface area contributed by atoms with Crippen LogP contribution in [-0.4, -0.2) is 56.3 Å². The number of carbonyl (C=O) groups is 1. The maximum absolute atomic E-state index is 13.8. The molecule has 6 unspecified atom stereocenters. The Kier molecular flexibility index (Phi) is 6.85. The summed E-state index contributed by atoms with van der Waals surface area (Å²) in [7, 11) is 5.83. The van der Waals surface area contributed by atoms with Gasteiger partial charge in [-0.15, -0.1) is 0 Å². The van der Waals surface area contributed by atoms with Crippen molar-refractivity contribution in [2.75, 3.05) is 28.4 Å². The third kappa shape index (κ3) is 3.78. The fourth-order valence-corrected chi connectivity index (χ4v) is 7.26. The van der Waals surface area contributed by atoms with Gasteiger partial charge in [0.15, 0.2) is 17.3 Å². The Morgan fingerprint density at radius 3 is 1.91 bits per heavy atom. The number of carbonyl (C=O) groups excluding carboxylic acids is 1. The molecule has 7 rings (SSSR count). The number of ether oxygens (including phenoxy) is 7. The Balaban J connectivity index is 1.49. The van der Waals surface area contributed by atoms with Crippen molar-refractivity contribution in [3.8, 4) is 23.0 Å². The van der Waals surface area contributed by atoms with Crippen molar-refractivity contribution in [3.05, 3.63) is 94.2 Å². The van der Waals surface area contributed by atoms with Crippen molar-refractivity contribution in [1.29, 1.82) is 0 Å². The zero-order valence-electron chi connectivity index (χ0n) is 24.9. The summed E-state index contributed by atoms with van der Waals surface area (Å²) in [5, 5.41) is 23.1. The Labute approximate surface area is 254 Å². The van der Waals surface area contributed by atoms with Gasteiger partial charge < -0.3 is 43.4 Å². The summed E-state index contributed by atoms with van der Waals surface area (Å²) < 4.78 is 44.2. The molecule has 0 saturated heterocycles. The van der Waals surface area contributed by atoms with Crippen molar-refractivity contribution < 1.29 is 48.2 Å². The van der Waals surface area contributed by atoms with Crippen LogP contribution in [0.5, 0.6) is 23.0 Å². The summed E-state index contributed by atoms with van der Waals surface area (Å²) in [5.74, 6) is -1.27. The first-order chi connectivity index (χ1) is 21.3. The number of methoxy groups -OCH3 is 4. The van der Waals surface area contributed by atoms with Gasteiger partial charge in [-0.05, 0) is 11.1 Å². The Morgan fingerprint density at radius 1 is 0.750 bits per heavy atom. The zero-order chi connectivity index (χ0) is 30.8. The number of benzene rings is 3. The van der Waals surface area contributed by atoms with E-state index in [9.17, 15) is 15.0 Å². The minimum Gasteiger partial charge on any atom is -0.492 e. The van der Waals surface area contributed by atoms with Crippen molar-refractivity contribution in [1.82, 2.24) is 0 Å². The van der Waals surface area contributed by atoms with E-state index in [-0.39, 0.29) is 53.6 Å². The number of rotatable bonds is 6. The Bertz CT molecular complexity index is 1640. The van der Waals surface area contributed by atoms with Gasteiger partial charge in [-0.25, -0.2) is 0 Å². The predicted molar refractivity (Wildman–Crippen MR) is 156 cm³/mol. The molecule has 0 saturated carbocycles. The molecule has 0 radical (unpaired) electrons. The molecule has 0 spiro atoms. The van der Waals surface area contributed by atoms with E-state index in [1.54, 1.807) is 0 Å². The highest BCUT2D eigenvalue weighted by atomic mass is 16.7. The fourth-order valence-electron chi connectivity index (χ4n) is 7.26. The summed E-state index contributed by atoms with van der Waals surface area (Å²) >= 11 is 0. The van der Waals surface area contributed by atoms with Gasteiger partial charge in [0.1, 0.15) is 23.7 Å². The maximum Gasteiger partial charge on any atom is 0.258 e. The van der Waals surface area contributed by atoms with Crippen LogP contribution >= 0.6 is 0 Å². The molecule has 2 N–H and O–H groups in total. The molecule has 1 aliphatic carbocycles. The van der Waals surface area contributed by atoms with E-state index in [2.05, 4.69) is 0 Å². The standard InChI is InChI=1S/C34H34O10/c1-38-30-27-28(26-21(36)16-23(18-11-7-5-8-12-18)42-29(26)31(30)39-2)44-33(40-3)17-22(37)25-20(35)15-24(19-13-9-6-10-14-19)43-32(25)34(27,33)41-4/h5-14,20-21,23-24,35-36H,15-17H2,1-4H3. The van der Waals surface area contributed by atoms with E-state index in [0.29, 0.717) is 11.1 Å². The number of aliphatic hydroxyl groups is 2. The molecule has 10 heteroatoms. The molecule has 230 valence electrons. The first-order valence-corrected chi connectivity index (χ1v) is 14.5. The normalized spacial score (nSPS) is 30.2. The van der Waals surface area contributed by atoms with Crippen LogP contribution in [0.2, 0.25) is 0 Å². The number of aliphatic hydroxyl groups excluding tert-OH is 2. The first kappa shape index (κ1) is 28.7. The second kappa shape index (κ2) is 10.5. The lowest BCUT2D eigenvalue weighted by Gasteiger charge is -2.49. The zero-order valence-corrected chi connectivity index (χ0v) is 24.9. The fraction of sp³-hybridized carbons (Fsp3) is 0.382. The van der Waals surface area contributed by atoms with Gasteiger partial charge in [0.25, 0.3) is 5.79 Å². The Hall–Kier alpha value is -4.09. The maximum atomic E-state index is 13.8. The molecule has 0 aromatic heterocycles. The molecule has 3 aromatic rings. The van der Waals surface area contributed by atoms with E-state index < -0.39 is 41.6 Å². The van der Waals surface area contributed by atoms with E-state index in [1.807, 2.05) is 60.7 Å². The number of hydrogen-bond acceptors (Lipinski definition) is 10. The van der Waals surface area contributed by atoms with Crippen LogP contribution in [-0.2, 0) is 24.6 Å². The molecular weight excluding hydrogens is 568 g/mol. The van der Waals surface area contributed by atoms with Crippen molar-refractivity contribution in [3.63, 3.8) is 0 Å². The van der Waals surface area contributed by atoms with Crippen molar-refractivity contribution in [2.24, 2.45) is 0 Å². The summed E-state index contributed by atoms with van der Waals surface area (Å²) in [6.07, 6.45) is -3.20. The molecule has 0 amide bonds. The third-order valence-corrected chi connectivity index (χ3v) is 9.22. The van der Waals surface area contributed by atoms with Crippen LogP contribution < -0.4 is 18.9 Å². The van der Waals surface area contributed by atoms with E-state index in [1.165, 1.54) is 28.4 Å². The predicted octanol–water partition coefficient (Wildman–Crippen LogP) is 4.59. The summed E-state index contributed by atoms with van der Waals surface area (Å²) in [6.45, 7) is 0. The molecule has 3 aliphatic heterocycles. The van der Waals surface area contributed by atoms with Crippen LogP contribution in [0.15, 0.2) is 72.0 Å². The minimum absolute atomic E-state index is 0.0677. The average Bonchev–Trinajstić information content (AvgIpc) is 3.35. The molecule has 4 aliphatic rings. The smallest absolute Gasteiger partial charge is 0.258 e. The largest absolute Gasteiger partial charge is 0.492 e. The molecule has 3 heterocycles. The number of fused-ring (bicyclic) bond motifs is 6. The second-order valence-electron chi connectivity index (χ2n) is 11.3. The van der Waals surface area contributed by atoms with Crippen LogP contribution in [0.25, 0.3) is 0 Å². The van der Waals surface area contributed by atoms with Gasteiger partial charge in [0.05, 0.1) is 49.5 Å². The highest BCUT2D eigenvalue weighted by Crippen LogP contribution is 2.69. The SMILES string of the molecule is COc1c2c(c3c(c1OC)C1(OC)C4=C(C(=O)CC1(OC)O3)C(O)CC(c1ccccc1)O4)C(O)CC(c1ccccc1)O2. The molecule has 3 aromatic carbocycles. The minimum atomic E-state index is -1.78. The summed E-state index contributed by atoms with van der Waals surface area (Å²) in [6, 6.07) is 19.0. The lowest BCUT2D eigenvalue weighted by atomic mass is 9.71. The van der Waals surface area contributed by atoms with Gasteiger partial charge in [-0.3, -0.25) is 4.79 Å². The first-order valence-electron chi connectivity index (χ1n) is 14.5. The van der Waals surface area contributed by atoms with Crippen LogP contribution in [0.4, 0.5) is 0 Å². The molecule has 0 bridgehead atoms. The highest BCUT2D eigenvalue weighted by Gasteiger charge is 2.73. The van der Waals surface area contributed by atoms with Gasteiger partial charge >= 0.3 is 0 Å². The molecular formula is C34H34O10. The van der Waals surface area contributed by atoms with E-state index in [4.69, 9.17) is 33.2 Å². The van der Waals surface area contributed by atoms with Crippen LogP contribution in [0, 0.1) is 0 Å². The van der Waals surface area contributed by atoms with E-state index >= 15 is 0 Å². The number of hydrogen-bond donors (Lipinski definition) is 2. The lowest BCUT2D eigenvalue weighted by molar-refractivity contribution is -0.274. The average molecular weight is 603 g/mol. The number of ketones is 1. The lowest BCUT2D eigenvalue weighted by Crippen LogP contribution is -2.61. The summed E-state index contributed by atoms with van der Waals surface area (Å²) in [5.41, 5.74) is 0.669. The molecule has 10 nitrogen and oxygen atoms in total.